The number of hydrogen-bond acceptors (Lipinski definition) is 6. The summed E-state index contributed by atoms with van der Waals surface area (Å²) in [6.45, 7) is 0. The Morgan fingerprint density at radius 2 is 0.936 bits per heavy atom. The van der Waals surface area contributed by atoms with Gasteiger partial charge in [-0.2, -0.15) is 0 Å². The van der Waals surface area contributed by atoms with Gasteiger partial charge in [0.25, 0.3) is 0 Å². The summed E-state index contributed by atoms with van der Waals surface area (Å²) in [7, 11) is 0. The first-order chi connectivity index (χ1) is 23.0. The van der Waals surface area contributed by atoms with Crippen molar-refractivity contribution in [3.8, 4) is 0 Å². The first kappa shape index (κ1) is 29.2. The lowest BCUT2D eigenvalue weighted by Gasteiger charge is -2.23. The van der Waals surface area contributed by atoms with Crippen molar-refractivity contribution in [2.45, 2.75) is 32.4 Å². The van der Waals surface area contributed by atoms with Crippen LogP contribution in [0.25, 0.3) is 0 Å². The fourth-order valence-electron chi connectivity index (χ4n) is 6.49. The molecular weight excluding hydrogens is 619 g/mol. The monoisotopic (exact) mass is 645 g/mol. The second-order valence-corrected chi connectivity index (χ2v) is 13.8. The van der Waals surface area contributed by atoms with Crippen LogP contribution in [0.15, 0.2) is 147 Å². The highest BCUT2D eigenvalue weighted by atomic mass is 32.2. The number of anilines is 1. The molecule has 0 saturated carbocycles. The van der Waals surface area contributed by atoms with Gasteiger partial charge in [-0.1, -0.05) is 108 Å². The summed E-state index contributed by atoms with van der Waals surface area (Å²) in [5.74, 6) is -0.110. The Morgan fingerprint density at radius 3 is 1.49 bits per heavy atom. The predicted octanol–water partition coefficient (Wildman–Crippen LogP) is 9.07. The van der Waals surface area contributed by atoms with Gasteiger partial charge in [0, 0.05) is 71.5 Å². The first-order valence-electron chi connectivity index (χ1n) is 15.3. The third-order valence-electron chi connectivity index (χ3n) is 8.82. The van der Waals surface area contributed by atoms with Crippen molar-refractivity contribution in [2.75, 3.05) is 5.73 Å². The zero-order chi connectivity index (χ0) is 32.1. The summed E-state index contributed by atoms with van der Waals surface area (Å²) in [4.78, 5) is 43.1. The van der Waals surface area contributed by atoms with Gasteiger partial charge in [0.1, 0.15) is 0 Å². The fourth-order valence-corrected chi connectivity index (χ4v) is 8.71. The van der Waals surface area contributed by atoms with E-state index in [9.17, 15) is 14.4 Å². The highest BCUT2D eigenvalue weighted by Crippen LogP contribution is 2.43. The Bertz CT molecular complexity index is 2190. The molecule has 0 amide bonds. The number of ketones is 3. The van der Waals surface area contributed by atoms with Crippen molar-refractivity contribution in [1.82, 2.24) is 0 Å². The van der Waals surface area contributed by atoms with Gasteiger partial charge >= 0.3 is 0 Å². The van der Waals surface area contributed by atoms with E-state index < -0.39 is 0 Å². The average Bonchev–Trinajstić information content (AvgIpc) is 3.11. The number of benzene rings is 6. The van der Waals surface area contributed by atoms with Crippen LogP contribution in [0.4, 0.5) is 5.69 Å². The summed E-state index contributed by atoms with van der Waals surface area (Å²) in [6, 6.07) is 41.0. The second kappa shape index (κ2) is 11.9. The van der Waals surface area contributed by atoms with Gasteiger partial charge < -0.3 is 5.73 Å². The minimum Gasteiger partial charge on any atom is -0.399 e. The van der Waals surface area contributed by atoms with Crippen LogP contribution in [-0.4, -0.2) is 17.3 Å². The quantitative estimate of drug-likeness (QED) is 0.149. The number of nitrogens with two attached hydrogens (primary N) is 1. The Balaban J connectivity index is 0.000000162. The van der Waals surface area contributed by atoms with E-state index >= 15 is 0 Å². The van der Waals surface area contributed by atoms with Crippen LogP contribution in [0.1, 0.15) is 70.0 Å². The minimum absolute atomic E-state index is 0.116. The molecular formula is C41H27NO3S2. The maximum absolute atomic E-state index is 13.8. The number of fused-ring (bicyclic) bond motifs is 6. The molecule has 4 nitrogen and oxygen atoms in total. The van der Waals surface area contributed by atoms with E-state index in [1.807, 2.05) is 24.3 Å². The van der Waals surface area contributed by atoms with Gasteiger partial charge in [0.05, 0.1) is 0 Å². The predicted molar refractivity (Wildman–Crippen MR) is 187 cm³/mol. The Kier molecular flexibility index (Phi) is 7.39. The van der Waals surface area contributed by atoms with E-state index in [1.54, 1.807) is 66.0 Å². The van der Waals surface area contributed by atoms with Crippen LogP contribution in [0.3, 0.4) is 0 Å². The molecule has 9 rings (SSSR count). The van der Waals surface area contributed by atoms with Crippen molar-refractivity contribution in [2.24, 2.45) is 0 Å². The molecule has 2 heterocycles. The van der Waals surface area contributed by atoms with E-state index in [2.05, 4.69) is 60.7 Å². The van der Waals surface area contributed by atoms with Crippen LogP contribution in [-0.2, 0) is 12.8 Å². The minimum atomic E-state index is -0.137. The normalized spacial score (nSPS) is 13.4. The first-order valence-corrected chi connectivity index (χ1v) is 17.0. The van der Waals surface area contributed by atoms with Crippen molar-refractivity contribution in [1.29, 1.82) is 0 Å². The molecule has 0 fully saturated rings. The molecule has 6 heteroatoms. The van der Waals surface area contributed by atoms with Crippen molar-refractivity contribution >= 4 is 46.6 Å². The molecule has 0 radical (unpaired) electrons. The summed E-state index contributed by atoms with van der Waals surface area (Å²) in [5, 5.41) is 0. The lowest BCUT2D eigenvalue weighted by atomic mass is 9.84. The molecule has 47 heavy (non-hydrogen) atoms. The topological polar surface area (TPSA) is 77.2 Å². The SMILES string of the molecule is Nc1ccc2c(c1)C(=O)c1ccccc1C2=O.O=C(c1cccc2c1Cc1ccccc1S2)c1cccc2c1Cc1ccccc1S2. The van der Waals surface area contributed by atoms with Crippen molar-refractivity contribution < 1.29 is 14.4 Å². The van der Waals surface area contributed by atoms with E-state index in [-0.39, 0.29) is 17.3 Å². The van der Waals surface area contributed by atoms with E-state index in [0.717, 1.165) is 35.1 Å². The third-order valence-corrected chi connectivity index (χ3v) is 11.3. The average molecular weight is 646 g/mol. The summed E-state index contributed by atoms with van der Waals surface area (Å²) < 4.78 is 0. The number of carbonyl (C=O) groups excluding carboxylic acids is 3. The van der Waals surface area contributed by atoms with Gasteiger partial charge in [0.2, 0.25) is 0 Å². The molecule has 0 atom stereocenters. The molecule has 0 unspecified atom stereocenters. The van der Waals surface area contributed by atoms with Crippen LogP contribution in [0, 0.1) is 0 Å². The number of nitrogen functional groups attached to an aromatic ring is 1. The molecule has 0 bridgehead atoms. The fraction of sp³-hybridized carbons (Fsp3) is 0.0488. The van der Waals surface area contributed by atoms with Crippen molar-refractivity contribution in [3.63, 3.8) is 0 Å². The maximum atomic E-state index is 13.8. The van der Waals surface area contributed by atoms with Crippen LogP contribution in [0.5, 0.6) is 0 Å². The number of rotatable bonds is 2. The summed E-state index contributed by atoms with van der Waals surface area (Å²) in [5.41, 5.74) is 14.5. The van der Waals surface area contributed by atoms with Gasteiger partial charge in [-0.05, 0) is 64.7 Å². The molecule has 2 N–H and O–H groups in total. The van der Waals surface area contributed by atoms with Crippen LogP contribution in [0.2, 0.25) is 0 Å². The summed E-state index contributed by atoms with van der Waals surface area (Å²) in [6.07, 6.45) is 1.63. The van der Waals surface area contributed by atoms with Crippen LogP contribution >= 0.6 is 23.5 Å². The highest BCUT2D eigenvalue weighted by molar-refractivity contribution is 7.99. The van der Waals surface area contributed by atoms with E-state index in [1.165, 1.54) is 30.7 Å². The number of hydrogen-bond donors (Lipinski definition) is 1. The number of carbonyl (C=O) groups is 3. The summed E-state index contributed by atoms with van der Waals surface area (Å²) >= 11 is 3.54. The maximum Gasteiger partial charge on any atom is 0.194 e. The molecule has 0 saturated heterocycles. The van der Waals surface area contributed by atoms with Crippen LogP contribution < -0.4 is 5.73 Å². The zero-order valence-corrected chi connectivity index (χ0v) is 26.8. The molecule has 0 aromatic heterocycles. The lowest BCUT2D eigenvalue weighted by Crippen LogP contribution is -2.20. The Hall–Kier alpha value is -5.17. The molecule has 6 aromatic carbocycles. The standard InChI is InChI=1S/C27H18OS2.C14H9NO2/c28-27(19-9-5-13-25-21(19)15-17-7-1-3-11-23(17)29-25)20-10-6-14-26-22(20)16-18-8-2-4-12-24(18)30-26;15-8-5-6-11-12(7-8)14(17)10-4-2-1-3-9(10)13(11)16/h1-14H,15-16H2;1-7H,15H2. The van der Waals surface area contributed by atoms with Gasteiger partial charge in [0.15, 0.2) is 17.3 Å². The zero-order valence-electron chi connectivity index (χ0n) is 25.2. The smallest absolute Gasteiger partial charge is 0.194 e. The second-order valence-electron chi connectivity index (χ2n) is 11.7. The van der Waals surface area contributed by atoms with Crippen molar-refractivity contribution in [3.05, 3.63) is 183 Å². The lowest BCUT2D eigenvalue weighted by molar-refractivity contribution is 0.0979. The van der Waals surface area contributed by atoms with E-state index in [4.69, 9.17) is 5.73 Å². The van der Waals surface area contributed by atoms with Gasteiger partial charge in [-0.15, -0.1) is 0 Å². The Morgan fingerprint density at radius 1 is 0.489 bits per heavy atom. The molecule has 226 valence electrons. The molecule has 2 aliphatic heterocycles. The molecule has 6 aromatic rings. The third kappa shape index (κ3) is 5.20. The highest BCUT2D eigenvalue weighted by Gasteiger charge is 2.29. The van der Waals surface area contributed by atoms with E-state index in [0.29, 0.717) is 27.9 Å². The molecule has 0 spiro atoms. The van der Waals surface area contributed by atoms with Gasteiger partial charge in [-0.25, -0.2) is 0 Å². The Labute approximate surface area is 281 Å². The van der Waals surface area contributed by atoms with Gasteiger partial charge in [-0.3, -0.25) is 14.4 Å². The largest absolute Gasteiger partial charge is 0.399 e. The molecule has 3 aliphatic rings. The molecule has 1 aliphatic carbocycles.